The summed E-state index contributed by atoms with van der Waals surface area (Å²) in [5, 5.41) is 3.97. The van der Waals surface area contributed by atoms with Crippen LogP contribution in [0.5, 0.6) is 0 Å². The molecule has 3 atom stereocenters. The van der Waals surface area contributed by atoms with E-state index in [0.717, 1.165) is 6.42 Å². The highest BCUT2D eigenvalue weighted by Gasteiger charge is 2.33. The van der Waals surface area contributed by atoms with Crippen LogP contribution in [0.25, 0.3) is 0 Å². The number of morpholine rings is 1. The zero-order chi connectivity index (χ0) is 17.6. The number of rotatable bonds is 6. The molecule has 3 rings (SSSR count). The molecule has 1 saturated carbocycles. The van der Waals surface area contributed by atoms with Crippen molar-refractivity contribution in [3.8, 4) is 0 Å². The Kier molecular flexibility index (Phi) is 6.39. The van der Waals surface area contributed by atoms with Crippen LogP contribution in [0.15, 0.2) is 4.52 Å². The van der Waals surface area contributed by atoms with Gasteiger partial charge in [-0.3, -0.25) is 4.79 Å². The number of carbonyl (C=O) groups is 1. The minimum atomic E-state index is -0.344. The molecule has 3 unspecified atom stereocenters. The average Bonchev–Trinajstić information content (AvgIpc) is 3.10. The van der Waals surface area contributed by atoms with E-state index >= 15 is 0 Å². The van der Waals surface area contributed by atoms with Gasteiger partial charge < -0.3 is 23.6 Å². The van der Waals surface area contributed by atoms with Gasteiger partial charge in [-0.2, -0.15) is 4.98 Å². The minimum Gasteiger partial charge on any atom is -0.377 e. The number of methoxy groups -OCH3 is 1. The zero-order valence-corrected chi connectivity index (χ0v) is 15.0. The summed E-state index contributed by atoms with van der Waals surface area (Å²) in [7, 11) is 1.56. The lowest BCUT2D eigenvalue weighted by Gasteiger charge is -2.35. The summed E-state index contributed by atoms with van der Waals surface area (Å²) in [6.07, 6.45) is 4.81. The molecule has 8 nitrogen and oxygen atoms in total. The van der Waals surface area contributed by atoms with Crippen LogP contribution in [0.2, 0.25) is 0 Å². The van der Waals surface area contributed by atoms with Crippen LogP contribution in [-0.2, 0) is 25.6 Å². The molecular weight excluding hydrogens is 326 g/mol. The Morgan fingerprint density at radius 1 is 1.36 bits per heavy atom. The Labute approximate surface area is 147 Å². The van der Waals surface area contributed by atoms with Gasteiger partial charge in [0, 0.05) is 13.7 Å². The summed E-state index contributed by atoms with van der Waals surface area (Å²) in [6.45, 7) is 3.90. The van der Waals surface area contributed by atoms with Gasteiger partial charge in [0.1, 0.15) is 19.3 Å². The fourth-order valence-corrected chi connectivity index (χ4v) is 3.49. The van der Waals surface area contributed by atoms with E-state index in [9.17, 15) is 4.79 Å². The number of hydrogen-bond acceptors (Lipinski definition) is 7. The lowest BCUT2D eigenvalue weighted by molar-refractivity contribution is -0.149. The first-order valence-electron chi connectivity index (χ1n) is 8.99. The van der Waals surface area contributed by atoms with E-state index in [1.165, 1.54) is 19.3 Å². The van der Waals surface area contributed by atoms with Crippen molar-refractivity contribution in [2.45, 2.75) is 51.4 Å². The van der Waals surface area contributed by atoms with Crippen molar-refractivity contribution in [3.05, 3.63) is 11.7 Å². The molecule has 0 radical (unpaired) electrons. The highest BCUT2D eigenvalue weighted by atomic mass is 16.5. The molecule has 1 aromatic heterocycles. The maximum Gasteiger partial charge on any atom is 0.252 e. The average molecular weight is 353 g/mol. The molecule has 1 aliphatic carbocycles. The lowest BCUT2D eigenvalue weighted by Crippen LogP contribution is -2.46. The standard InChI is InChI=1S/C17H27N3O5/c1-12-5-3-4-6-14(12)24-11-16(21)20-7-8-23-9-13(20)17-18-15(10-22-2)25-19-17/h12-14H,3-11H2,1-2H3. The van der Waals surface area contributed by atoms with Gasteiger partial charge in [0.15, 0.2) is 5.82 Å². The highest BCUT2D eigenvalue weighted by molar-refractivity contribution is 5.78. The summed E-state index contributed by atoms with van der Waals surface area (Å²) in [6, 6.07) is -0.344. The predicted molar refractivity (Wildman–Crippen MR) is 87.7 cm³/mol. The van der Waals surface area contributed by atoms with Crippen molar-refractivity contribution in [1.82, 2.24) is 15.0 Å². The molecule has 25 heavy (non-hydrogen) atoms. The van der Waals surface area contributed by atoms with E-state index in [0.29, 0.717) is 37.4 Å². The summed E-state index contributed by atoms with van der Waals surface area (Å²) < 4.78 is 21.6. The second-order valence-corrected chi connectivity index (χ2v) is 6.77. The number of nitrogens with zero attached hydrogens (tertiary/aromatic N) is 3. The SMILES string of the molecule is COCc1nc(C2COCCN2C(=O)COC2CCCCC2C)no1. The van der Waals surface area contributed by atoms with Crippen molar-refractivity contribution in [1.29, 1.82) is 0 Å². The molecular formula is C17H27N3O5. The van der Waals surface area contributed by atoms with E-state index in [4.69, 9.17) is 18.7 Å². The van der Waals surface area contributed by atoms with Crippen LogP contribution < -0.4 is 0 Å². The van der Waals surface area contributed by atoms with E-state index in [1.54, 1.807) is 12.0 Å². The molecule has 140 valence electrons. The second-order valence-electron chi connectivity index (χ2n) is 6.77. The van der Waals surface area contributed by atoms with E-state index in [-0.39, 0.29) is 31.3 Å². The molecule has 1 aromatic rings. The highest BCUT2D eigenvalue weighted by Crippen LogP contribution is 2.27. The van der Waals surface area contributed by atoms with Crippen LogP contribution in [0.3, 0.4) is 0 Å². The van der Waals surface area contributed by atoms with Gasteiger partial charge in [-0.05, 0) is 18.8 Å². The number of ether oxygens (including phenoxy) is 3. The molecule has 2 aliphatic rings. The molecule has 0 bridgehead atoms. The molecule has 0 aromatic carbocycles. The summed E-state index contributed by atoms with van der Waals surface area (Å²) in [5.74, 6) is 1.30. The van der Waals surface area contributed by atoms with Gasteiger partial charge in [0.2, 0.25) is 5.91 Å². The normalized spacial score (nSPS) is 27.4. The largest absolute Gasteiger partial charge is 0.377 e. The Balaban J connectivity index is 1.60. The Morgan fingerprint density at radius 2 is 2.20 bits per heavy atom. The van der Waals surface area contributed by atoms with Crippen molar-refractivity contribution in [2.24, 2.45) is 5.92 Å². The number of aromatic nitrogens is 2. The zero-order valence-electron chi connectivity index (χ0n) is 15.0. The van der Waals surface area contributed by atoms with Gasteiger partial charge in [-0.25, -0.2) is 0 Å². The molecule has 1 aliphatic heterocycles. The molecule has 1 saturated heterocycles. The second kappa shape index (κ2) is 8.73. The topological polar surface area (TPSA) is 86.9 Å². The van der Waals surface area contributed by atoms with Gasteiger partial charge in [-0.1, -0.05) is 24.9 Å². The maximum absolute atomic E-state index is 12.7. The van der Waals surface area contributed by atoms with Crippen molar-refractivity contribution in [3.63, 3.8) is 0 Å². The molecule has 0 spiro atoms. The number of hydrogen-bond donors (Lipinski definition) is 0. The van der Waals surface area contributed by atoms with Gasteiger partial charge in [0.05, 0.1) is 19.3 Å². The first-order valence-corrected chi connectivity index (χ1v) is 8.99. The minimum absolute atomic E-state index is 0.0517. The van der Waals surface area contributed by atoms with Gasteiger partial charge >= 0.3 is 0 Å². The third kappa shape index (κ3) is 4.56. The molecule has 2 fully saturated rings. The maximum atomic E-state index is 12.7. The van der Waals surface area contributed by atoms with Crippen molar-refractivity contribution < 1.29 is 23.5 Å². The van der Waals surface area contributed by atoms with E-state index < -0.39 is 0 Å². The fourth-order valence-electron chi connectivity index (χ4n) is 3.49. The monoisotopic (exact) mass is 353 g/mol. The van der Waals surface area contributed by atoms with Crippen LogP contribution in [-0.4, -0.2) is 60.5 Å². The first-order chi connectivity index (χ1) is 12.2. The van der Waals surface area contributed by atoms with E-state index in [1.807, 2.05) is 0 Å². The van der Waals surface area contributed by atoms with Crippen LogP contribution in [0, 0.1) is 5.92 Å². The third-order valence-corrected chi connectivity index (χ3v) is 4.95. The van der Waals surface area contributed by atoms with Crippen molar-refractivity contribution in [2.75, 3.05) is 33.5 Å². The quantitative estimate of drug-likeness (QED) is 0.769. The van der Waals surface area contributed by atoms with Crippen molar-refractivity contribution >= 4 is 5.91 Å². The number of carbonyl (C=O) groups excluding carboxylic acids is 1. The molecule has 0 N–H and O–H groups in total. The summed E-state index contributed by atoms with van der Waals surface area (Å²) >= 11 is 0. The Bertz CT molecular complexity index is 564. The Morgan fingerprint density at radius 3 is 3.00 bits per heavy atom. The molecule has 1 amide bonds. The van der Waals surface area contributed by atoms with Crippen LogP contribution >= 0.6 is 0 Å². The summed E-state index contributed by atoms with van der Waals surface area (Å²) in [5.41, 5.74) is 0. The molecule has 8 heteroatoms. The third-order valence-electron chi connectivity index (χ3n) is 4.95. The van der Waals surface area contributed by atoms with E-state index in [2.05, 4.69) is 17.1 Å². The molecule has 2 heterocycles. The first kappa shape index (κ1) is 18.3. The fraction of sp³-hybridized carbons (Fsp3) is 0.824. The van der Waals surface area contributed by atoms with Gasteiger partial charge in [-0.15, -0.1) is 0 Å². The predicted octanol–water partition coefficient (Wildman–Crippen LogP) is 1.71. The smallest absolute Gasteiger partial charge is 0.252 e. The lowest BCUT2D eigenvalue weighted by atomic mass is 9.88. The number of amides is 1. The Hall–Kier alpha value is -1.51. The van der Waals surface area contributed by atoms with Crippen LogP contribution in [0.4, 0.5) is 0 Å². The van der Waals surface area contributed by atoms with Gasteiger partial charge in [0.25, 0.3) is 5.89 Å². The summed E-state index contributed by atoms with van der Waals surface area (Å²) in [4.78, 5) is 18.7. The van der Waals surface area contributed by atoms with Crippen LogP contribution in [0.1, 0.15) is 50.4 Å².